The van der Waals surface area contributed by atoms with Crippen molar-refractivity contribution in [3.05, 3.63) is 0 Å². The molecule has 0 spiro atoms. The van der Waals surface area contributed by atoms with E-state index >= 15 is 0 Å². The summed E-state index contributed by atoms with van der Waals surface area (Å²) in [5, 5.41) is -0.179. The minimum Gasteiger partial charge on any atom is -0.344 e. The van der Waals surface area contributed by atoms with Gasteiger partial charge in [0.15, 0.2) is 0 Å². The highest BCUT2D eigenvalue weighted by Gasteiger charge is 2.12. The topological polar surface area (TPSA) is 20.3 Å². The van der Waals surface area contributed by atoms with Crippen molar-refractivity contribution in [3.8, 4) is 0 Å². The van der Waals surface area contributed by atoms with Crippen LogP contribution in [-0.2, 0) is 4.79 Å². The van der Waals surface area contributed by atoms with Gasteiger partial charge >= 0.3 is 0 Å². The molecule has 0 aromatic rings. The van der Waals surface area contributed by atoms with E-state index in [2.05, 4.69) is 12.6 Å². The van der Waals surface area contributed by atoms with Gasteiger partial charge in [0.1, 0.15) is 0 Å². The van der Waals surface area contributed by atoms with Gasteiger partial charge in [0.05, 0.1) is 5.25 Å². The van der Waals surface area contributed by atoms with E-state index < -0.39 is 0 Å². The number of rotatable bonds is 4. The van der Waals surface area contributed by atoms with Crippen molar-refractivity contribution >= 4 is 30.3 Å². The molecule has 0 radical (unpaired) electrons. The molecule has 1 amide bonds. The lowest BCUT2D eigenvalue weighted by molar-refractivity contribution is -0.128. The first-order chi connectivity index (χ1) is 5.09. The predicted octanol–water partition coefficient (Wildman–Crippen LogP) is 1.13. The molecule has 0 fully saturated rings. The Morgan fingerprint density at radius 1 is 1.73 bits per heavy atom. The third-order valence-electron chi connectivity index (χ3n) is 1.36. The van der Waals surface area contributed by atoms with E-state index in [0.717, 1.165) is 12.3 Å². The van der Waals surface area contributed by atoms with E-state index in [1.807, 2.05) is 13.3 Å². The summed E-state index contributed by atoms with van der Waals surface area (Å²) in [5.74, 6) is 1.09. The summed E-state index contributed by atoms with van der Waals surface area (Å²) in [6, 6.07) is 0. The molecule has 4 heteroatoms. The molecule has 0 heterocycles. The molecule has 1 atom stereocenters. The molecule has 1 unspecified atom stereocenters. The first kappa shape index (κ1) is 11.2. The summed E-state index contributed by atoms with van der Waals surface area (Å²) in [5.41, 5.74) is 0. The molecule has 0 saturated heterocycles. The van der Waals surface area contributed by atoms with Gasteiger partial charge in [-0.15, -0.1) is 0 Å². The zero-order valence-electron chi connectivity index (χ0n) is 7.20. The van der Waals surface area contributed by atoms with Gasteiger partial charge in [-0.3, -0.25) is 4.79 Å². The van der Waals surface area contributed by atoms with Crippen molar-refractivity contribution in [2.24, 2.45) is 0 Å². The second-order valence-electron chi connectivity index (χ2n) is 2.43. The number of nitrogens with zero attached hydrogens (tertiary/aromatic N) is 1. The summed E-state index contributed by atoms with van der Waals surface area (Å²) in [6.07, 6.45) is 2.03. The van der Waals surface area contributed by atoms with Gasteiger partial charge in [-0.2, -0.15) is 24.4 Å². The molecule has 11 heavy (non-hydrogen) atoms. The van der Waals surface area contributed by atoms with Gasteiger partial charge < -0.3 is 4.90 Å². The maximum absolute atomic E-state index is 11.2. The van der Waals surface area contributed by atoms with E-state index in [4.69, 9.17) is 0 Å². The van der Waals surface area contributed by atoms with Crippen LogP contribution in [-0.4, -0.2) is 41.7 Å². The zero-order chi connectivity index (χ0) is 8.85. The molecule has 0 aliphatic heterocycles. The van der Waals surface area contributed by atoms with Crippen LogP contribution in [0.2, 0.25) is 0 Å². The lowest BCUT2D eigenvalue weighted by Crippen LogP contribution is -2.33. The van der Waals surface area contributed by atoms with E-state index in [-0.39, 0.29) is 11.2 Å². The fourth-order valence-corrected chi connectivity index (χ4v) is 1.31. The molecule has 0 bridgehead atoms. The maximum Gasteiger partial charge on any atom is 0.234 e. The van der Waals surface area contributed by atoms with E-state index in [0.29, 0.717) is 0 Å². The Morgan fingerprint density at radius 2 is 2.27 bits per heavy atom. The first-order valence-electron chi connectivity index (χ1n) is 3.51. The maximum atomic E-state index is 11.2. The van der Waals surface area contributed by atoms with Crippen molar-refractivity contribution in [2.45, 2.75) is 12.2 Å². The molecule has 0 rings (SSSR count). The van der Waals surface area contributed by atoms with Gasteiger partial charge in [-0.25, -0.2) is 0 Å². The van der Waals surface area contributed by atoms with Crippen molar-refractivity contribution < 1.29 is 4.79 Å². The number of carbonyl (C=O) groups is 1. The predicted molar refractivity (Wildman–Crippen MR) is 54.5 cm³/mol. The van der Waals surface area contributed by atoms with Crippen LogP contribution in [0.25, 0.3) is 0 Å². The molecule has 0 N–H and O–H groups in total. The van der Waals surface area contributed by atoms with Crippen LogP contribution < -0.4 is 0 Å². The SMILES string of the molecule is CSCCN(C)C(=O)C(C)S. The van der Waals surface area contributed by atoms with Crippen molar-refractivity contribution in [3.63, 3.8) is 0 Å². The van der Waals surface area contributed by atoms with Crippen LogP contribution >= 0.6 is 24.4 Å². The fraction of sp³-hybridized carbons (Fsp3) is 0.857. The van der Waals surface area contributed by atoms with E-state index in [1.54, 1.807) is 23.6 Å². The first-order valence-corrected chi connectivity index (χ1v) is 5.42. The highest BCUT2D eigenvalue weighted by Crippen LogP contribution is 2.00. The normalized spacial score (nSPS) is 12.7. The Bertz CT molecular complexity index is 128. The molecule has 0 saturated carbocycles. The van der Waals surface area contributed by atoms with Gasteiger partial charge in [0, 0.05) is 19.3 Å². The van der Waals surface area contributed by atoms with Crippen LogP contribution in [0.1, 0.15) is 6.92 Å². The van der Waals surface area contributed by atoms with E-state index in [1.165, 1.54) is 0 Å². The Hall–Kier alpha value is 0.170. The molecule has 0 aliphatic carbocycles. The molecule has 0 aromatic heterocycles. The molecule has 0 aliphatic rings. The molecule has 0 aromatic carbocycles. The Labute approximate surface area is 78.1 Å². The van der Waals surface area contributed by atoms with Crippen LogP contribution in [0.15, 0.2) is 0 Å². The Balaban J connectivity index is 3.64. The summed E-state index contributed by atoms with van der Waals surface area (Å²) < 4.78 is 0. The van der Waals surface area contributed by atoms with Crippen LogP contribution in [0.3, 0.4) is 0 Å². The number of hydrogen-bond donors (Lipinski definition) is 1. The second-order valence-corrected chi connectivity index (χ2v) is 4.19. The lowest BCUT2D eigenvalue weighted by atomic mass is 10.4. The second kappa shape index (κ2) is 5.77. The summed E-state index contributed by atoms with van der Waals surface area (Å²) in [4.78, 5) is 12.9. The summed E-state index contributed by atoms with van der Waals surface area (Å²) >= 11 is 5.80. The number of carbonyl (C=O) groups excluding carboxylic acids is 1. The number of hydrogen-bond acceptors (Lipinski definition) is 3. The standard InChI is InChI=1S/C7H15NOS2/c1-6(10)7(9)8(2)4-5-11-3/h6,10H,4-5H2,1-3H3. The smallest absolute Gasteiger partial charge is 0.234 e. The van der Waals surface area contributed by atoms with Gasteiger partial charge in [-0.05, 0) is 13.2 Å². The zero-order valence-corrected chi connectivity index (χ0v) is 8.91. The largest absolute Gasteiger partial charge is 0.344 e. The number of thioether (sulfide) groups is 1. The van der Waals surface area contributed by atoms with Crippen LogP contribution in [0, 0.1) is 0 Å². The highest BCUT2D eigenvalue weighted by atomic mass is 32.2. The van der Waals surface area contributed by atoms with Crippen molar-refractivity contribution in [1.82, 2.24) is 4.90 Å². The summed E-state index contributed by atoms with van der Waals surface area (Å²) in [7, 11) is 1.81. The quantitative estimate of drug-likeness (QED) is 0.675. The monoisotopic (exact) mass is 193 g/mol. The molecule has 66 valence electrons. The Morgan fingerprint density at radius 3 is 2.64 bits per heavy atom. The third kappa shape index (κ3) is 4.58. The average Bonchev–Trinajstić information content (AvgIpc) is 1.98. The highest BCUT2D eigenvalue weighted by molar-refractivity contribution is 7.98. The lowest BCUT2D eigenvalue weighted by Gasteiger charge is -2.17. The third-order valence-corrected chi connectivity index (χ3v) is 2.18. The van der Waals surface area contributed by atoms with Gasteiger partial charge in [0.2, 0.25) is 5.91 Å². The Kier molecular flexibility index (Phi) is 5.86. The van der Waals surface area contributed by atoms with Crippen LogP contribution in [0.4, 0.5) is 0 Å². The van der Waals surface area contributed by atoms with Gasteiger partial charge in [0.25, 0.3) is 0 Å². The number of amides is 1. The average molecular weight is 193 g/mol. The minimum absolute atomic E-state index is 0.0994. The van der Waals surface area contributed by atoms with E-state index in [9.17, 15) is 4.79 Å². The molecular formula is C7H15NOS2. The number of thiol groups is 1. The molecule has 2 nitrogen and oxygen atoms in total. The van der Waals surface area contributed by atoms with Crippen molar-refractivity contribution in [1.29, 1.82) is 0 Å². The summed E-state index contributed by atoms with van der Waals surface area (Å²) in [6.45, 7) is 2.60. The van der Waals surface area contributed by atoms with Crippen molar-refractivity contribution in [2.75, 3.05) is 25.6 Å². The fourth-order valence-electron chi connectivity index (χ4n) is 0.657. The van der Waals surface area contributed by atoms with Gasteiger partial charge in [-0.1, -0.05) is 0 Å². The molecular weight excluding hydrogens is 178 g/mol. The minimum atomic E-state index is -0.179. The van der Waals surface area contributed by atoms with Crippen LogP contribution in [0.5, 0.6) is 0 Å².